The van der Waals surface area contributed by atoms with E-state index in [0.717, 1.165) is 44.9 Å². The average molecular weight is 243 g/mol. The van der Waals surface area contributed by atoms with Gasteiger partial charge in [-0.1, -0.05) is 27.2 Å². The molecule has 0 saturated carbocycles. The minimum atomic E-state index is 0.301. The fraction of sp³-hybridized carbons (Fsp3) is 0.929. The van der Waals surface area contributed by atoms with Crippen LogP contribution in [0.4, 0.5) is 0 Å². The fourth-order valence-electron chi connectivity index (χ4n) is 1.98. The van der Waals surface area contributed by atoms with Crippen molar-refractivity contribution in [2.75, 3.05) is 26.8 Å². The van der Waals surface area contributed by atoms with Gasteiger partial charge in [0.15, 0.2) is 0 Å². The molecule has 0 bridgehead atoms. The Morgan fingerprint density at radius 2 is 1.76 bits per heavy atom. The highest BCUT2D eigenvalue weighted by molar-refractivity contribution is 5.75. The van der Waals surface area contributed by atoms with E-state index in [0.29, 0.717) is 12.3 Å². The van der Waals surface area contributed by atoms with Crippen LogP contribution in [0.2, 0.25) is 0 Å². The summed E-state index contributed by atoms with van der Waals surface area (Å²) in [5.41, 5.74) is 0. The molecule has 1 rings (SSSR count). The van der Waals surface area contributed by atoms with Gasteiger partial charge >= 0.3 is 0 Å². The first-order chi connectivity index (χ1) is 8.19. The van der Waals surface area contributed by atoms with E-state index in [1.54, 1.807) is 7.11 Å². The Bertz CT molecular complexity index is 187. The van der Waals surface area contributed by atoms with Crippen LogP contribution in [0.5, 0.6) is 0 Å². The van der Waals surface area contributed by atoms with Crippen LogP contribution in [-0.4, -0.2) is 37.6 Å². The second-order valence-corrected chi connectivity index (χ2v) is 4.67. The van der Waals surface area contributed by atoms with Gasteiger partial charge in [-0.2, -0.15) is 0 Å². The van der Waals surface area contributed by atoms with E-state index in [9.17, 15) is 4.79 Å². The molecule has 0 aliphatic carbocycles. The second-order valence-electron chi connectivity index (χ2n) is 4.67. The monoisotopic (exact) mass is 243 g/mol. The number of hydrogen-bond donors (Lipinski definition) is 0. The Hall–Kier alpha value is -0.570. The SMILES string of the molecule is CCC.CCC(=O)N1CCC(CCOC)CC1. The first-order valence-electron chi connectivity index (χ1n) is 6.96. The number of likely N-dealkylation sites (tertiary alicyclic amines) is 1. The minimum absolute atomic E-state index is 0.301. The largest absolute Gasteiger partial charge is 0.385 e. The molecule has 1 heterocycles. The van der Waals surface area contributed by atoms with Gasteiger partial charge in [-0.05, 0) is 25.2 Å². The minimum Gasteiger partial charge on any atom is -0.385 e. The molecule has 102 valence electrons. The van der Waals surface area contributed by atoms with Gasteiger partial charge in [0.05, 0.1) is 0 Å². The molecule has 0 aromatic heterocycles. The third-order valence-electron chi connectivity index (χ3n) is 3.00. The lowest BCUT2D eigenvalue weighted by Gasteiger charge is -2.31. The van der Waals surface area contributed by atoms with Crippen LogP contribution in [0.1, 0.15) is 52.9 Å². The number of methoxy groups -OCH3 is 1. The normalized spacial score (nSPS) is 16.4. The molecule has 1 fully saturated rings. The van der Waals surface area contributed by atoms with E-state index < -0.39 is 0 Å². The maximum absolute atomic E-state index is 11.4. The Kier molecular flexibility index (Phi) is 10.2. The van der Waals surface area contributed by atoms with Crippen LogP contribution in [0.15, 0.2) is 0 Å². The molecule has 1 amide bonds. The van der Waals surface area contributed by atoms with Crippen LogP contribution >= 0.6 is 0 Å². The molecule has 1 saturated heterocycles. The maximum atomic E-state index is 11.4. The number of piperidine rings is 1. The molecule has 0 N–H and O–H groups in total. The molecule has 0 unspecified atom stereocenters. The number of carbonyl (C=O) groups excluding carboxylic acids is 1. The van der Waals surface area contributed by atoms with Crippen LogP contribution in [-0.2, 0) is 9.53 Å². The standard InChI is InChI=1S/C11H21NO2.C3H8/c1-3-11(13)12-7-4-10(5-8-12)6-9-14-2;1-3-2/h10H,3-9H2,1-2H3;3H2,1-2H3. The first-order valence-corrected chi connectivity index (χ1v) is 6.96. The summed E-state index contributed by atoms with van der Waals surface area (Å²) in [4.78, 5) is 13.4. The van der Waals surface area contributed by atoms with E-state index in [1.165, 1.54) is 6.42 Å². The predicted molar refractivity (Wildman–Crippen MR) is 72.1 cm³/mol. The van der Waals surface area contributed by atoms with Crippen molar-refractivity contribution in [3.05, 3.63) is 0 Å². The van der Waals surface area contributed by atoms with Crippen LogP contribution < -0.4 is 0 Å². The zero-order valence-electron chi connectivity index (χ0n) is 12.0. The van der Waals surface area contributed by atoms with Gasteiger partial charge < -0.3 is 9.64 Å². The van der Waals surface area contributed by atoms with Crippen molar-refractivity contribution in [2.24, 2.45) is 5.92 Å². The topological polar surface area (TPSA) is 29.5 Å². The number of carbonyl (C=O) groups is 1. The van der Waals surface area contributed by atoms with Gasteiger partial charge in [-0.3, -0.25) is 4.79 Å². The van der Waals surface area contributed by atoms with Gasteiger partial charge in [0.25, 0.3) is 0 Å². The summed E-state index contributed by atoms with van der Waals surface area (Å²) in [6, 6.07) is 0. The molecule has 0 aromatic carbocycles. The summed E-state index contributed by atoms with van der Waals surface area (Å²) in [5.74, 6) is 1.06. The average Bonchev–Trinajstić information content (AvgIpc) is 2.37. The zero-order chi connectivity index (χ0) is 13.1. The fourth-order valence-corrected chi connectivity index (χ4v) is 1.98. The molecule has 1 aliphatic heterocycles. The summed E-state index contributed by atoms with van der Waals surface area (Å²) in [5, 5.41) is 0. The van der Waals surface area contributed by atoms with Crippen molar-refractivity contribution in [1.29, 1.82) is 0 Å². The Morgan fingerprint density at radius 1 is 1.24 bits per heavy atom. The van der Waals surface area contributed by atoms with Gasteiger partial charge in [-0.15, -0.1) is 0 Å². The molecular formula is C14H29NO2. The predicted octanol–water partition coefficient (Wildman–Crippen LogP) is 3.09. The van der Waals surface area contributed by atoms with Crippen molar-refractivity contribution in [3.8, 4) is 0 Å². The number of nitrogens with zero attached hydrogens (tertiary/aromatic N) is 1. The van der Waals surface area contributed by atoms with Crippen molar-refractivity contribution >= 4 is 5.91 Å². The molecule has 0 atom stereocenters. The molecule has 0 spiro atoms. The summed E-state index contributed by atoms with van der Waals surface area (Å²) in [6.45, 7) is 8.92. The third kappa shape index (κ3) is 7.37. The molecule has 0 radical (unpaired) electrons. The van der Waals surface area contributed by atoms with Crippen LogP contribution in [0.3, 0.4) is 0 Å². The highest BCUT2D eigenvalue weighted by atomic mass is 16.5. The quantitative estimate of drug-likeness (QED) is 0.759. The lowest BCUT2D eigenvalue weighted by Crippen LogP contribution is -2.38. The molecule has 1 aliphatic rings. The van der Waals surface area contributed by atoms with Crippen molar-refractivity contribution in [1.82, 2.24) is 4.90 Å². The Balaban J connectivity index is 0.000000770. The van der Waals surface area contributed by atoms with Crippen molar-refractivity contribution in [2.45, 2.75) is 52.9 Å². The number of hydrogen-bond acceptors (Lipinski definition) is 2. The lowest BCUT2D eigenvalue weighted by atomic mass is 9.94. The summed E-state index contributed by atoms with van der Waals surface area (Å²) in [7, 11) is 1.75. The molecule has 17 heavy (non-hydrogen) atoms. The second kappa shape index (κ2) is 10.6. The van der Waals surface area contributed by atoms with E-state index in [1.807, 2.05) is 11.8 Å². The van der Waals surface area contributed by atoms with Crippen LogP contribution in [0.25, 0.3) is 0 Å². The summed E-state index contributed by atoms with van der Waals surface area (Å²) < 4.78 is 5.06. The first kappa shape index (κ1) is 16.4. The van der Waals surface area contributed by atoms with Gasteiger partial charge in [0, 0.05) is 33.2 Å². The number of amides is 1. The third-order valence-corrected chi connectivity index (χ3v) is 3.00. The highest BCUT2D eigenvalue weighted by Gasteiger charge is 2.21. The summed E-state index contributed by atoms with van der Waals surface area (Å²) >= 11 is 0. The zero-order valence-corrected chi connectivity index (χ0v) is 12.0. The van der Waals surface area contributed by atoms with E-state index in [2.05, 4.69) is 13.8 Å². The highest BCUT2D eigenvalue weighted by Crippen LogP contribution is 2.20. The number of ether oxygens (including phenoxy) is 1. The molecule has 3 nitrogen and oxygen atoms in total. The maximum Gasteiger partial charge on any atom is 0.222 e. The molecule has 0 aromatic rings. The lowest BCUT2D eigenvalue weighted by molar-refractivity contribution is -0.132. The Labute approximate surface area is 107 Å². The number of rotatable bonds is 4. The molecular weight excluding hydrogens is 214 g/mol. The summed E-state index contributed by atoms with van der Waals surface area (Å²) in [6.07, 6.45) is 5.33. The van der Waals surface area contributed by atoms with E-state index in [4.69, 9.17) is 4.74 Å². The van der Waals surface area contributed by atoms with E-state index >= 15 is 0 Å². The Morgan fingerprint density at radius 3 is 2.18 bits per heavy atom. The van der Waals surface area contributed by atoms with Crippen molar-refractivity contribution in [3.63, 3.8) is 0 Å². The van der Waals surface area contributed by atoms with Gasteiger partial charge in [-0.25, -0.2) is 0 Å². The van der Waals surface area contributed by atoms with E-state index in [-0.39, 0.29) is 0 Å². The van der Waals surface area contributed by atoms with Crippen molar-refractivity contribution < 1.29 is 9.53 Å². The smallest absolute Gasteiger partial charge is 0.222 e. The van der Waals surface area contributed by atoms with Gasteiger partial charge in [0.2, 0.25) is 5.91 Å². The van der Waals surface area contributed by atoms with Crippen LogP contribution in [0, 0.1) is 5.92 Å². The molecule has 3 heteroatoms. The van der Waals surface area contributed by atoms with Gasteiger partial charge in [0.1, 0.15) is 0 Å².